The Morgan fingerprint density at radius 3 is 0.719 bits per heavy atom. The predicted molar refractivity (Wildman–Crippen MR) is 122 cm³/mol. The van der Waals surface area contributed by atoms with Gasteiger partial charge in [-0.15, -0.1) is 0 Å². The van der Waals surface area contributed by atoms with E-state index in [0.29, 0.717) is 0 Å². The zero-order valence-electron chi connectivity index (χ0n) is 16.9. The number of aromatic nitrogens is 8. The van der Waals surface area contributed by atoms with Crippen LogP contribution in [0, 0.1) is 0 Å². The number of nitrogens with zero attached hydrogens (tertiary/aromatic N) is 4. The van der Waals surface area contributed by atoms with Crippen molar-refractivity contribution in [1.29, 1.82) is 0 Å². The van der Waals surface area contributed by atoms with Crippen LogP contribution < -0.4 is 0 Å². The number of hydrogen-bond donors (Lipinski definition) is 4. The number of aromatic amines is 4. The minimum absolute atomic E-state index is 1.03. The summed E-state index contributed by atoms with van der Waals surface area (Å²) in [5.74, 6) is 0. The monoisotopic (exact) mass is 418 g/mol. The number of benzene rings is 2. The second kappa shape index (κ2) is 7.51. The van der Waals surface area contributed by atoms with Gasteiger partial charge in [0.05, 0.1) is 24.8 Å². The molecule has 0 unspecified atom stereocenters. The van der Waals surface area contributed by atoms with Crippen LogP contribution in [0.25, 0.3) is 55.6 Å². The van der Waals surface area contributed by atoms with Gasteiger partial charge in [-0.3, -0.25) is 20.4 Å². The number of nitrogens with one attached hydrogen (secondary N) is 4. The first-order valence-corrected chi connectivity index (χ1v) is 10.1. The minimum Gasteiger partial charge on any atom is -0.285 e. The van der Waals surface area contributed by atoms with Gasteiger partial charge in [0.15, 0.2) is 0 Å². The lowest BCUT2D eigenvalue weighted by Gasteiger charge is -2.12. The molecule has 0 bridgehead atoms. The Kier molecular flexibility index (Phi) is 4.25. The van der Waals surface area contributed by atoms with Crippen molar-refractivity contribution in [3.8, 4) is 55.6 Å². The van der Waals surface area contributed by atoms with Gasteiger partial charge in [-0.05, 0) is 69.8 Å². The van der Waals surface area contributed by atoms with Crippen molar-refractivity contribution in [2.24, 2.45) is 0 Å². The van der Waals surface area contributed by atoms with Gasteiger partial charge in [0.25, 0.3) is 0 Å². The molecule has 0 amide bonds. The molecular formula is C24H18N8. The molecule has 8 nitrogen and oxygen atoms in total. The molecule has 32 heavy (non-hydrogen) atoms. The van der Waals surface area contributed by atoms with Crippen LogP contribution in [0.3, 0.4) is 0 Å². The highest BCUT2D eigenvalue weighted by Crippen LogP contribution is 2.36. The highest BCUT2D eigenvalue weighted by Gasteiger charge is 2.12. The van der Waals surface area contributed by atoms with Crippen molar-refractivity contribution in [2.75, 3.05) is 0 Å². The van der Waals surface area contributed by atoms with Crippen molar-refractivity contribution in [3.63, 3.8) is 0 Å². The standard InChI is InChI=1S/C24H18N8/c1-15(2-18(22-9-27-28-10-22)5-17(1)21-7-25-26-8-21)16-3-19(23-11-29-30-12-23)6-20(4-16)24-13-31-32-14-24/h1-14H,(H,25,26)(H,27,28)(H,29,30)(H,31,32). The Bertz CT molecular complexity index is 1230. The molecule has 6 rings (SSSR count). The van der Waals surface area contributed by atoms with Crippen molar-refractivity contribution in [2.45, 2.75) is 0 Å². The lowest BCUT2D eigenvalue weighted by Crippen LogP contribution is -1.87. The van der Waals surface area contributed by atoms with Gasteiger partial charge in [0.1, 0.15) is 0 Å². The van der Waals surface area contributed by atoms with E-state index in [0.717, 1.165) is 55.6 Å². The van der Waals surface area contributed by atoms with Crippen molar-refractivity contribution >= 4 is 0 Å². The maximum Gasteiger partial charge on any atom is 0.0565 e. The van der Waals surface area contributed by atoms with E-state index in [-0.39, 0.29) is 0 Å². The van der Waals surface area contributed by atoms with Gasteiger partial charge >= 0.3 is 0 Å². The average molecular weight is 418 g/mol. The van der Waals surface area contributed by atoms with Crippen LogP contribution in [0.15, 0.2) is 86.0 Å². The fourth-order valence-electron chi connectivity index (χ4n) is 3.89. The molecule has 0 radical (unpaired) electrons. The third-order valence-corrected chi connectivity index (χ3v) is 5.53. The fraction of sp³-hybridized carbons (Fsp3) is 0. The Morgan fingerprint density at radius 2 is 0.531 bits per heavy atom. The molecule has 154 valence electrons. The molecule has 4 aromatic heterocycles. The smallest absolute Gasteiger partial charge is 0.0565 e. The first-order valence-electron chi connectivity index (χ1n) is 10.1. The van der Waals surface area contributed by atoms with Crippen molar-refractivity contribution in [1.82, 2.24) is 40.8 Å². The maximum absolute atomic E-state index is 4.12. The zero-order valence-corrected chi connectivity index (χ0v) is 16.9. The average Bonchev–Trinajstić information content (AvgIpc) is 3.67. The third-order valence-electron chi connectivity index (χ3n) is 5.53. The summed E-state index contributed by atoms with van der Waals surface area (Å²) >= 11 is 0. The Hall–Kier alpha value is -4.72. The van der Waals surface area contributed by atoms with Crippen LogP contribution in [0.1, 0.15) is 0 Å². The summed E-state index contributed by atoms with van der Waals surface area (Å²) in [7, 11) is 0. The summed E-state index contributed by atoms with van der Waals surface area (Å²) in [6.07, 6.45) is 14.9. The summed E-state index contributed by atoms with van der Waals surface area (Å²) in [6, 6.07) is 13.0. The first kappa shape index (κ1) is 18.1. The second-order valence-corrected chi connectivity index (χ2v) is 7.55. The van der Waals surface area contributed by atoms with E-state index in [1.54, 1.807) is 0 Å². The normalized spacial score (nSPS) is 11.1. The first-order chi connectivity index (χ1) is 15.8. The largest absolute Gasteiger partial charge is 0.285 e. The Morgan fingerprint density at radius 1 is 0.312 bits per heavy atom. The van der Waals surface area contributed by atoms with Crippen LogP contribution in [0.2, 0.25) is 0 Å². The molecule has 0 fully saturated rings. The Labute approximate surface area is 182 Å². The Balaban J connectivity index is 1.57. The lowest BCUT2D eigenvalue weighted by atomic mass is 9.92. The molecule has 2 aromatic carbocycles. The van der Waals surface area contributed by atoms with E-state index in [4.69, 9.17) is 0 Å². The van der Waals surface area contributed by atoms with Gasteiger partial charge in [0, 0.05) is 47.0 Å². The minimum atomic E-state index is 1.03. The van der Waals surface area contributed by atoms with Crippen molar-refractivity contribution in [3.05, 3.63) is 86.0 Å². The molecule has 4 N–H and O–H groups in total. The van der Waals surface area contributed by atoms with Crippen molar-refractivity contribution < 1.29 is 0 Å². The topological polar surface area (TPSA) is 115 Å². The molecule has 0 spiro atoms. The van der Waals surface area contributed by atoms with Gasteiger partial charge in [-0.25, -0.2) is 0 Å². The SMILES string of the molecule is c1n[nH]cc1-c1cc(-c2cn[nH]c2)cc(-c2cc(-c3cn[nH]c3)cc(-c3cn[nH]c3)c2)c1. The van der Waals surface area contributed by atoms with Gasteiger partial charge in [-0.2, -0.15) is 20.4 Å². The summed E-state index contributed by atoms with van der Waals surface area (Å²) in [5.41, 5.74) is 10.6. The van der Waals surface area contributed by atoms with Crippen LogP contribution >= 0.6 is 0 Å². The van der Waals surface area contributed by atoms with E-state index in [1.165, 1.54) is 0 Å². The van der Waals surface area contributed by atoms with Gasteiger partial charge in [0.2, 0.25) is 0 Å². The van der Waals surface area contributed by atoms with Crippen LogP contribution in [0.4, 0.5) is 0 Å². The highest BCUT2D eigenvalue weighted by atomic mass is 15.1. The second-order valence-electron chi connectivity index (χ2n) is 7.55. The molecule has 0 aliphatic carbocycles. The predicted octanol–water partition coefficient (Wildman–Crippen LogP) is 4.91. The molecule has 8 heteroatoms. The zero-order chi connectivity index (χ0) is 21.3. The molecule has 0 aliphatic rings. The van der Waals surface area contributed by atoms with E-state index in [1.807, 2.05) is 49.6 Å². The van der Waals surface area contributed by atoms with Crippen LogP contribution in [0.5, 0.6) is 0 Å². The molecule has 0 atom stereocenters. The summed E-state index contributed by atoms with van der Waals surface area (Å²) < 4.78 is 0. The molecule has 0 saturated carbocycles. The van der Waals surface area contributed by atoms with Gasteiger partial charge < -0.3 is 0 Å². The highest BCUT2D eigenvalue weighted by molar-refractivity contribution is 5.85. The van der Waals surface area contributed by atoms with Crippen LogP contribution in [-0.4, -0.2) is 40.8 Å². The molecule has 0 aliphatic heterocycles. The summed E-state index contributed by atoms with van der Waals surface area (Å²) in [6.45, 7) is 0. The quantitative estimate of drug-likeness (QED) is 0.318. The third kappa shape index (κ3) is 3.29. The van der Waals surface area contributed by atoms with Gasteiger partial charge in [-0.1, -0.05) is 0 Å². The maximum atomic E-state index is 4.12. The van der Waals surface area contributed by atoms with E-state index in [9.17, 15) is 0 Å². The number of hydrogen-bond acceptors (Lipinski definition) is 4. The molecule has 6 aromatic rings. The van der Waals surface area contributed by atoms with E-state index in [2.05, 4.69) is 77.2 Å². The van der Waals surface area contributed by atoms with Crippen LogP contribution in [-0.2, 0) is 0 Å². The van der Waals surface area contributed by atoms with E-state index >= 15 is 0 Å². The molecule has 0 saturated heterocycles. The lowest BCUT2D eigenvalue weighted by molar-refractivity contribution is 1.09. The van der Waals surface area contributed by atoms with E-state index < -0.39 is 0 Å². The number of rotatable bonds is 5. The summed E-state index contributed by atoms with van der Waals surface area (Å²) in [4.78, 5) is 0. The summed E-state index contributed by atoms with van der Waals surface area (Å²) in [5, 5.41) is 28.1. The fourth-order valence-corrected chi connectivity index (χ4v) is 3.89. The molecular weight excluding hydrogens is 400 g/mol. The molecule has 4 heterocycles. The number of H-pyrrole nitrogens is 4.